The largest absolute Gasteiger partial charge is 0.368 e. The summed E-state index contributed by atoms with van der Waals surface area (Å²) in [5, 5.41) is 14.7. The highest BCUT2D eigenvalue weighted by Crippen LogP contribution is 2.25. The Bertz CT molecular complexity index is 486. The van der Waals surface area contributed by atoms with E-state index in [0.717, 1.165) is 5.82 Å². The van der Waals surface area contributed by atoms with Gasteiger partial charge in [0.25, 0.3) is 0 Å². The van der Waals surface area contributed by atoms with Gasteiger partial charge in [0.2, 0.25) is 5.91 Å². The Kier molecular flexibility index (Phi) is 6.01. The van der Waals surface area contributed by atoms with Crippen molar-refractivity contribution in [2.45, 2.75) is 38.5 Å². The van der Waals surface area contributed by atoms with Crippen LogP contribution in [0.25, 0.3) is 0 Å². The molecule has 1 fully saturated rings. The van der Waals surface area contributed by atoms with Gasteiger partial charge < -0.3 is 10.6 Å². The van der Waals surface area contributed by atoms with Crippen LogP contribution in [-0.2, 0) is 4.79 Å². The average Bonchev–Trinajstić information content (AvgIpc) is 2.53. The number of rotatable bonds is 6. The number of carbonyl (C=O) groups is 1. The standard InChI is InChI=1S/C16H22N4O/c17-11-14-6-7-15(20-12-14)18-8-9-19-16(21)10-13-4-2-1-3-5-13/h6-7,12-13H,1-5,8-10H2,(H,18,20)(H,19,21). The molecule has 0 aromatic carbocycles. The second-order valence-electron chi connectivity index (χ2n) is 5.53. The van der Waals surface area contributed by atoms with E-state index >= 15 is 0 Å². The van der Waals surface area contributed by atoms with Crippen molar-refractivity contribution in [2.24, 2.45) is 5.92 Å². The van der Waals surface area contributed by atoms with E-state index in [2.05, 4.69) is 15.6 Å². The minimum Gasteiger partial charge on any atom is -0.368 e. The highest BCUT2D eigenvalue weighted by molar-refractivity contribution is 5.76. The monoisotopic (exact) mass is 286 g/mol. The Labute approximate surface area is 125 Å². The first-order chi connectivity index (χ1) is 10.3. The van der Waals surface area contributed by atoms with E-state index in [-0.39, 0.29) is 5.91 Å². The Hall–Kier alpha value is -2.09. The van der Waals surface area contributed by atoms with E-state index in [4.69, 9.17) is 5.26 Å². The fourth-order valence-electron chi connectivity index (χ4n) is 2.68. The van der Waals surface area contributed by atoms with Crippen LogP contribution >= 0.6 is 0 Å². The van der Waals surface area contributed by atoms with Gasteiger partial charge in [-0.25, -0.2) is 4.98 Å². The number of carbonyl (C=O) groups excluding carboxylic acids is 1. The molecule has 0 unspecified atom stereocenters. The number of amides is 1. The lowest BCUT2D eigenvalue weighted by Gasteiger charge is -2.20. The zero-order valence-electron chi connectivity index (χ0n) is 12.3. The third kappa shape index (κ3) is 5.42. The van der Waals surface area contributed by atoms with Gasteiger partial charge in [0, 0.05) is 25.7 Å². The van der Waals surface area contributed by atoms with Gasteiger partial charge in [-0.1, -0.05) is 19.3 Å². The van der Waals surface area contributed by atoms with Crippen LogP contribution in [0.5, 0.6) is 0 Å². The molecule has 1 amide bonds. The molecule has 0 atom stereocenters. The molecule has 5 nitrogen and oxygen atoms in total. The van der Waals surface area contributed by atoms with E-state index in [1.165, 1.54) is 38.3 Å². The topological polar surface area (TPSA) is 77.8 Å². The third-order valence-electron chi connectivity index (χ3n) is 3.84. The smallest absolute Gasteiger partial charge is 0.220 e. The number of hydrogen-bond donors (Lipinski definition) is 2. The van der Waals surface area contributed by atoms with Gasteiger partial charge in [-0.05, 0) is 30.9 Å². The molecule has 1 aromatic rings. The number of hydrogen-bond acceptors (Lipinski definition) is 4. The van der Waals surface area contributed by atoms with Crippen molar-refractivity contribution < 1.29 is 4.79 Å². The Balaban J connectivity index is 1.60. The van der Waals surface area contributed by atoms with E-state index in [9.17, 15) is 4.79 Å². The Morgan fingerprint density at radius 3 is 2.76 bits per heavy atom. The fraction of sp³-hybridized carbons (Fsp3) is 0.562. The molecule has 0 radical (unpaired) electrons. The molecule has 21 heavy (non-hydrogen) atoms. The molecule has 0 saturated heterocycles. The van der Waals surface area contributed by atoms with Crippen LogP contribution in [0.4, 0.5) is 5.82 Å². The summed E-state index contributed by atoms with van der Waals surface area (Å²) in [4.78, 5) is 15.9. The zero-order chi connectivity index (χ0) is 14.9. The molecule has 112 valence electrons. The molecule has 2 N–H and O–H groups in total. The summed E-state index contributed by atoms with van der Waals surface area (Å²) in [6, 6.07) is 5.51. The summed E-state index contributed by atoms with van der Waals surface area (Å²) in [6.45, 7) is 1.22. The van der Waals surface area contributed by atoms with Crippen LogP contribution in [0.2, 0.25) is 0 Å². The minimum absolute atomic E-state index is 0.150. The van der Waals surface area contributed by atoms with Crippen LogP contribution in [-0.4, -0.2) is 24.0 Å². The van der Waals surface area contributed by atoms with Crippen molar-refractivity contribution in [1.29, 1.82) is 5.26 Å². The van der Waals surface area contributed by atoms with Gasteiger partial charge in [-0.2, -0.15) is 5.26 Å². The highest BCUT2D eigenvalue weighted by Gasteiger charge is 2.16. The molecule has 1 saturated carbocycles. The molecule has 1 heterocycles. The molecule has 0 aliphatic heterocycles. The number of nitrogens with one attached hydrogen (secondary N) is 2. The van der Waals surface area contributed by atoms with Gasteiger partial charge >= 0.3 is 0 Å². The number of nitriles is 1. The van der Waals surface area contributed by atoms with Crippen molar-refractivity contribution >= 4 is 11.7 Å². The minimum atomic E-state index is 0.150. The van der Waals surface area contributed by atoms with Gasteiger partial charge in [0.05, 0.1) is 5.56 Å². The lowest BCUT2D eigenvalue weighted by atomic mass is 9.87. The zero-order valence-corrected chi connectivity index (χ0v) is 12.3. The molecule has 5 heteroatoms. The maximum absolute atomic E-state index is 11.8. The second kappa shape index (κ2) is 8.25. The predicted molar refractivity (Wildman–Crippen MR) is 81.6 cm³/mol. The summed E-state index contributed by atoms with van der Waals surface area (Å²) >= 11 is 0. The lowest BCUT2D eigenvalue weighted by Crippen LogP contribution is -2.30. The van der Waals surface area contributed by atoms with Crippen molar-refractivity contribution in [2.75, 3.05) is 18.4 Å². The summed E-state index contributed by atoms with van der Waals surface area (Å²) < 4.78 is 0. The highest BCUT2D eigenvalue weighted by atomic mass is 16.1. The SMILES string of the molecule is N#Cc1ccc(NCCNC(=O)CC2CCCCC2)nc1. The van der Waals surface area contributed by atoms with Crippen molar-refractivity contribution in [3.8, 4) is 6.07 Å². The number of anilines is 1. The average molecular weight is 286 g/mol. The molecular formula is C16H22N4O. The van der Waals surface area contributed by atoms with E-state index in [1.54, 1.807) is 12.1 Å². The van der Waals surface area contributed by atoms with Crippen LogP contribution in [0, 0.1) is 17.2 Å². The molecule has 0 bridgehead atoms. The van der Waals surface area contributed by atoms with Crippen LogP contribution in [0.15, 0.2) is 18.3 Å². The normalized spacial score (nSPS) is 15.2. The maximum atomic E-state index is 11.8. The van der Waals surface area contributed by atoms with E-state index < -0.39 is 0 Å². The molecule has 0 spiro atoms. The first-order valence-electron chi connectivity index (χ1n) is 7.64. The summed E-state index contributed by atoms with van der Waals surface area (Å²) in [5.41, 5.74) is 0.543. The summed E-state index contributed by atoms with van der Waals surface area (Å²) in [7, 11) is 0. The Morgan fingerprint density at radius 1 is 1.29 bits per heavy atom. The molecule has 1 aliphatic carbocycles. The first kappa shape index (κ1) is 15.3. The van der Waals surface area contributed by atoms with E-state index in [0.29, 0.717) is 31.0 Å². The maximum Gasteiger partial charge on any atom is 0.220 e. The molecule has 1 aromatic heterocycles. The Morgan fingerprint density at radius 2 is 2.10 bits per heavy atom. The van der Waals surface area contributed by atoms with E-state index in [1.807, 2.05) is 6.07 Å². The van der Waals surface area contributed by atoms with Gasteiger partial charge in [-0.3, -0.25) is 4.79 Å². The van der Waals surface area contributed by atoms with Crippen molar-refractivity contribution in [3.63, 3.8) is 0 Å². The van der Waals surface area contributed by atoms with Crippen LogP contribution < -0.4 is 10.6 Å². The van der Waals surface area contributed by atoms with Crippen LogP contribution in [0.3, 0.4) is 0 Å². The first-order valence-corrected chi connectivity index (χ1v) is 7.64. The van der Waals surface area contributed by atoms with Gasteiger partial charge in [-0.15, -0.1) is 0 Å². The number of aromatic nitrogens is 1. The predicted octanol–water partition coefficient (Wildman–Crippen LogP) is 2.45. The quantitative estimate of drug-likeness (QED) is 0.787. The van der Waals surface area contributed by atoms with Crippen LogP contribution in [0.1, 0.15) is 44.1 Å². The number of nitrogens with zero attached hydrogens (tertiary/aromatic N) is 2. The second-order valence-corrected chi connectivity index (χ2v) is 5.53. The fourth-order valence-corrected chi connectivity index (χ4v) is 2.68. The van der Waals surface area contributed by atoms with Crippen molar-refractivity contribution in [1.82, 2.24) is 10.3 Å². The molecular weight excluding hydrogens is 264 g/mol. The summed E-state index contributed by atoms with van der Waals surface area (Å²) in [5.74, 6) is 1.44. The van der Waals surface area contributed by atoms with Gasteiger partial charge in [0.15, 0.2) is 0 Å². The van der Waals surface area contributed by atoms with Gasteiger partial charge in [0.1, 0.15) is 11.9 Å². The molecule has 1 aliphatic rings. The number of pyridine rings is 1. The lowest BCUT2D eigenvalue weighted by molar-refractivity contribution is -0.122. The third-order valence-corrected chi connectivity index (χ3v) is 3.84. The molecule has 2 rings (SSSR count). The summed E-state index contributed by atoms with van der Waals surface area (Å²) in [6.07, 6.45) is 8.44. The van der Waals surface area contributed by atoms with Crippen molar-refractivity contribution in [3.05, 3.63) is 23.9 Å².